The van der Waals surface area contributed by atoms with Crippen molar-refractivity contribution < 1.29 is 13.9 Å². The van der Waals surface area contributed by atoms with Crippen LogP contribution in [0.4, 0.5) is 14.3 Å². The number of ether oxygens (including phenoxy) is 1. The van der Waals surface area contributed by atoms with Gasteiger partial charge in [0.2, 0.25) is 0 Å². The first-order valence-corrected chi connectivity index (χ1v) is 9.45. The molecular weight excluding hydrogens is 386 g/mol. The summed E-state index contributed by atoms with van der Waals surface area (Å²) in [6.07, 6.45) is -0.576. The van der Waals surface area contributed by atoms with Crippen LogP contribution in [-0.4, -0.2) is 24.5 Å². The Morgan fingerprint density at radius 2 is 2.11 bits per heavy atom. The molecule has 2 radical (unpaired) electrons. The molecule has 0 aliphatic heterocycles. The number of benzene rings is 2. The molecule has 0 aliphatic carbocycles. The largest absolute Gasteiger partial charge is 0.444 e. The van der Waals surface area contributed by atoms with Crippen LogP contribution in [0.1, 0.15) is 26.3 Å². The number of carbonyl (C=O) groups is 1. The first-order valence-electron chi connectivity index (χ1n) is 8.26. The zero-order valence-corrected chi connectivity index (χ0v) is 16.7. The molecule has 0 atom stereocenters. The van der Waals surface area contributed by atoms with Gasteiger partial charge in [-0.25, -0.2) is 14.2 Å². The normalized spacial score (nSPS) is 11.6. The molecule has 0 saturated heterocycles. The Morgan fingerprint density at radius 3 is 2.74 bits per heavy atom. The zero-order chi connectivity index (χ0) is 19.8. The van der Waals surface area contributed by atoms with E-state index in [1.807, 2.05) is 0 Å². The van der Waals surface area contributed by atoms with Gasteiger partial charge in [0, 0.05) is 10.6 Å². The van der Waals surface area contributed by atoms with Gasteiger partial charge in [0.25, 0.3) is 0 Å². The molecule has 0 unspecified atom stereocenters. The molecule has 4 nitrogen and oxygen atoms in total. The van der Waals surface area contributed by atoms with Crippen LogP contribution in [0.15, 0.2) is 30.3 Å². The van der Waals surface area contributed by atoms with Crippen molar-refractivity contribution in [2.24, 2.45) is 0 Å². The number of hydrogen-bond donors (Lipinski definition) is 1. The molecule has 0 fully saturated rings. The minimum Gasteiger partial charge on any atom is -0.444 e. The van der Waals surface area contributed by atoms with Gasteiger partial charge in [-0.2, -0.15) is 0 Å². The summed E-state index contributed by atoms with van der Waals surface area (Å²) in [5.74, 6) is -0.443. The Kier molecular flexibility index (Phi) is 5.44. The molecule has 0 aliphatic rings. The first kappa shape index (κ1) is 19.6. The van der Waals surface area contributed by atoms with Crippen LogP contribution in [0.3, 0.4) is 0 Å². The molecule has 0 spiro atoms. The van der Waals surface area contributed by atoms with E-state index in [0.717, 1.165) is 0 Å². The summed E-state index contributed by atoms with van der Waals surface area (Å²) in [6, 6.07) is 8.52. The van der Waals surface area contributed by atoms with Gasteiger partial charge in [-0.3, -0.25) is 5.32 Å². The summed E-state index contributed by atoms with van der Waals surface area (Å²) < 4.78 is 21.0. The van der Waals surface area contributed by atoms with Crippen molar-refractivity contribution in [1.29, 1.82) is 0 Å². The molecule has 8 heteroatoms. The number of fused-ring (bicyclic) bond motifs is 1. The molecular formula is C19H17BClFN2O2S. The number of thiazole rings is 1. The first-order chi connectivity index (χ1) is 12.7. The Labute approximate surface area is 167 Å². The fourth-order valence-electron chi connectivity index (χ4n) is 2.60. The van der Waals surface area contributed by atoms with Crippen LogP contribution in [0.5, 0.6) is 0 Å². The molecule has 138 valence electrons. The topological polar surface area (TPSA) is 51.2 Å². The lowest BCUT2D eigenvalue weighted by molar-refractivity contribution is 0.0636. The van der Waals surface area contributed by atoms with E-state index in [1.54, 1.807) is 51.1 Å². The quantitative estimate of drug-likeness (QED) is 0.566. The van der Waals surface area contributed by atoms with Gasteiger partial charge in [-0.1, -0.05) is 41.4 Å². The van der Waals surface area contributed by atoms with E-state index in [0.29, 0.717) is 37.1 Å². The van der Waals surface area contributed by atoms with Gasteiger partial charge in [0.15, 0.2) is 5.13 Å². The molecule has 2 aromatic carbocycles. The lowest BCUT2D eigenvalue weighted by atomic mass is 9.92. The molecule has 0 saturated carbocycles. The Bertz CT molecular complexity index is 1020. The van der Waals surface area contributed by atoms with Crippen LogP contribution >= 0.6 is 22.9 Å². The SMILES string of the molecule is [B]Cc1cc2sc(NC(=O)OC(C)(C)C)nc2c(-c2cccc(Cl)c2)c1F. The summed E-state index contributed by atoms with van der Waals surface area (Å²) in [7, 11) is 5.70. The van der Waals surface area contributed by atoms with Gasteiger partial charge in [0.05, 0.1) is 18.1 Å². The highest BCUT2D eigenvalue weighted by Crippen LogP contribution is 2.38. The molecule has 1 N–H and O–H groups in total. The summed E-state index contributed by atoms with van der Waals surface area (Å²) in [5, 5.41) is 3.40. The van der Waals surface area contributed by atoms with Crippen LogP contribution < -0.4 is 5.32 Å². The maximum absolute atomic E-state index is 15.0. The van der Waals surface area contributed by atoms with Gasteiger partial charge in [0.1, 0.15) is 11.4 Å². The van der Waals surface area contributed by atoms with Gasteiger partial charge in [-0.05, 0) is 50.1 Å². The fraction of sp³-hybridized carbons (Fsp3) is 0.263. The van der Waals surface area contributed by atoms with Crippen LogP contribution in [0.2, 0.25) is 5.02 Å². The molecule has 0 bridgehead atoms. The molecule has 27 heavy (non-hydrogen) atoms. The van der Waals surface area contributed by atoms with Gasteiger partial charge < -0.3 is 4.74 Å². The maximum atomic E-state index is 15.0. The van der Waals surface area contributed by atoms with E-state index in [4.69, 9.17) is 24.2 Å². The smallest absolute Gasteiger partial charge is 0.413 e. The average Bonchev–Trinajstić information content (AvgIpc) is 2.93. The van der Waals surface area contributed by atoms with E-state index in [-0.39, 0.29) is 6.32 Å². The number of aromatic nitrogens is 1. The molecule has 1 heterocycles. The third-order valence-corrected chi connectivity index (χ3v) is 4.79. The van der Waals surface area contributed by atoms with Crippen molar-refractivity contribution in [3.63, 3.8) is 0 Å². The number of hydrogen-bond acceptors (Lipinski definition) is 4. The highest BCUT2D eigenvalue weighted by molar-refractivity contribution is 7.22. The minimum atomic E-state index is -0.633. The van der Waals surface area contributed by atoms with Crippen molar-refractivity contribution in [2.45, 2.75) is 32.7 Å². The third kappa shape index (κ3) is 4.42. The number of carbonyl (C=O) groups excluding carboxylic acids is 1. The van der Waals surface area contributed by atoms with Gasteiger partial charge in [-0.15, -0.1) is 0 Å². The summed E-state index contributed by atoms with van der Waals surface area (Å²) >= 11 is 7.29. The Morgan fingerprint density at radius 1 is 1.37 bits per heavy atom. The standard InChI is InChI=1S/C19H17BClFN2O2S/c1-19(2,3)26-18(25)24-17-23-16-13(27-17)8-11(9-20)15(22)14(16)10-5-4-6-12(21)7-10/h4-8H,9H2,1-3H3,(H,23,24,25). The van der Waals surface area contributed by atoms with Crippen molar-refractivity contribution in [3.05, 3.63) is 46.7 Å². The van der Waals surface area contributed by atoms with Crippen LogP contribution in [0, 0.1) is 5.82 Å². The predicted octanol–water partition coefficient (Wildman–Crippen LogP) is 5.77. The van der Waals surface area contributed by atoms with E-state index in [9.17, 15) is 4.79 Å². The van der Waals surface area contributed by atoms with E-state index in [2.05, 4.69) is 10.3 Å². The number of halogens is 2. The Hall–Kier alpha value is -2.12. The number of anilines is 1. The number of nitrogens with one attached hydrogen (secondary N) is 1. The lowest BCUT2D eigenvalue weighted by Gasteiger charge is -2.18. The average molecular weight is 403 g/mol. The summed E-state index contributed by atoms with van der Waals surface area (Å²) in [4.78, 5) is 16.4. The van der Waals surface area contributed by atoms with Crippen molar-refractivity contribution in [2.75, 3.05) is 5.32 Å². The van der Waals surface area contributed by atoms with Crippen molar-refractivity contribution >= 4 is 52.2 Å². The second-order valence-electron chi connectivity index (χ2n) is 6.93. The Balaban J connectivity index is 2.10. The molecule has 3 rings (SSSR count). The summed E-state index contributed by atoms with van der Waals surface area (Å²) in [5.41, 5.74) is 1.07. The number of nitrogens with zero attached hydrogens (tertiary/aromatic N) is 1. The lowest BCUT2D eigenvalue weighted by Crippen LogP contribution is -2.27. The van der Waals surface area contributed by atoms with Crippen LogP contribution in [-0.2, 0) is 11.1 Å². The number of amides is 1. The van der Waals surface area contributed by atoms with Gasteiger partial charge >= 0.3 is 6.09 Å². The fourth-order valence-corrected chi connectivity index (χ4v) is 3.71. The second-order valence-corrected chi connectivity index (χ2v) is 8.40. The van der Waals surface area contributed by atoms with Crippen molar-refractivity contribution in [1.82, 2.24) is 4.98 Å². The molecule has 1 amide bonds. The molecule has 1 aromatic heterocycles. The monoisotopic (exact) mass is 402 g/mol. The molecule has 3 aromatic rings. The minimum absolute atomic E-state index is 0.0437. The predicted molar refractivity (Wildman–Crippen MR) is 109 cm³/mol. The summed E-state index contributed by atoms with van der Waals surface area (Å²) in [6.45, 7) is 5.31. The van der Waals surface area contributed by atoms with Crippen molar-refractivity contribution in [3.8, 4) is 11.1 Å². The van der Waals surface area contributed by atoms with E-state index in [1.165, 1.54) is 11.3 Å². The highest BCUT2D eigenvalue weighted by atomic mass is 35.5. The van der Waals surface area contributed by atoms with E-state index < -0.39 is 17.5 Å². The second kappa shape index (κ2) is 7.48. The third-order valence-electron chi connectivity index (χ3n) is 3.64. The maximum Gasteiger partial charge on any atom is 0.413 e. The van der Waals surface area contributed by atoms with E-state index >= 15 is 4.39 Å². The number of rotatable bonds is 3. The van der Waals surface area contributed by atoms with Crippen LogP contribution in [0.25, 0.3) is 21.3 Å². The zero-order valence-electron chi connectivity index (χ0n) is 15.1. The highest BCUT2D eigenvalue weighted by Gasteiger charge is 2.21.